The first kappa shape index (κ1) is 22.0. The van der Waals surface area contributed by atoms with Crippen LogP contribution in [0.25, 0.3) is 0 Å². The highest BCUT2D eigenvalue weighted by atomic mass is 19.4. The third-order valence-corrected chi connectivity index (χ3v) is 6.01. The number of piperidine rings is 1. The van der Waals surface area contributed by atoms with Gasteiger partial charge in [-0.15, -0.1) is 0 Å². The molecule has 1 aromatic rings. The van der Waals surface area contributed by atoms with Crippen molar-refractivity contribution in [1.82, 2.24) is 14.9 Å². The molecule has 3 heterocycles. The van der Waals surface area contributed by atoms with E-state index in [4.69, 9.17) is 9.90 Å². The second-order valence-electron chi connectivity index (χ2n) is 7.99. The number of aromatic nitrogens is 2. The van der Waals surface area contributed by atoms with Crippen molar-refractivity contribution < 1.29 is 27.9 Å². The number of anilines is 1. The second kappa shape index (κ2) is 9.01. The van der Waals surface area contributed by atoms with Crippen LogP contribution in [0.5, 0.6) is 0 Å². The van der Waals surface area contributed by atoms with Gasteiger partial charge in [-0.1, -0.05) is 12.2 Å². The van der Waals surface area contributed by atoms with E-state index < -0.39 is 12.1 Å². The Morgan fingerprint density at radius 2 is 1.57 bits per heavy atom. The number of carboxylic acid groups (broad SMARTS) is 1. The summed E-state index contributed by atoms with van der Waals surface area (Å²) in [4.78, 5) is 34.6. The summed E-state index contributed by atoms with van der Waals surface area (Å²) in [5.41, 5.74) is 0.351. The van der Waals surface area contributed by atoms with E-state index >= 15 is 0 Å². The number of halogens is 3. The van der Waals surface area contributed by atoms with Gasteiger partial charge >= 0.3 is 12.1 Å². The SMILES string of the molecule is O=C(C1CC=CC1)N1CCC2(CC1)CCN(c1ncccn1)C2.O=C(O)C(F)(F)F. The average Bonchev–Trinajstić information content (AvgIpc) is 3.39. The third kappa shape index (κ3) is 5.28. The molecule has 0 radical (unpaired) electrons. The number of alkyl halides is 3. The number of aliphatic carboxylic acids is 1. The monoisotopic (exact) mass is 426 g/mol. The van der Waals surface area contributed by atoms with E-state index in [0.29, 0.717) is 11.3 Å². The van der Waals surface area contributed by atoms with Crippen molar-refractivity contribution in [2.24, 2.45) is 11.3 Å². The summed E-state index contributed by atoms with van der Waals surface area (Å²) in [5.74, 6) is -1.33. The average molecular weight is 426 g/mol. The van der Waals surface area contributed by atoms with Crippen molar-refractivity contribution in [2.45, 2.75) is 38.3 Å². The fraction of sp³-hybridized carbons (Fsp3) is 0.600. The van der Waals surface area contributed by atoms with Gasteiger partial charge in [0, 0.05) is 44.5 Å². The first-order chi connectivity index (χ1) is 14.2. The van der Waals surface area contributed by atoms with Crippen molar-refractivity contribution in [3.8, 4) is 0 Å². The highest BCUT2D eigenvalue weighted by Crippen LogP contribution is 2.41. The lowest BCUT2D eigenvalue weighted by Gasteiger charge is -2.40. The van der Waals surface area contributed by atoms with E-state index in [1.165, 1.54) is 6.42 Å². The lowest BCUT2D eigenvalue weighted by molar-refractivity contribution is -0.192. The lowest BCUT2D eigenvalue weighted by atomic mass is 9.77. The quantitative estimate of drug-likeness (QED) is 0.732. The molecule has 0 bridgehead atoms. The number of carbonyl (C=O) groups excluding carboxylic acids is 1. The molecule has 0 unspecified atom stereocenters. The molecular weight excluding hydrogens is 401 g/mol. The maximum absolute atomic E-state index is 12.5. The number of hydrogen-bond acceptors (Lipinski definition) is 5. The van der Waals surface area contributed by atoms with Gasteiger partial charge in [0.25, 0.3) is 0 Å². The van der Waals surface area contributed by atoms with Crippen LogP contribution < -0.4 is 4.90 Å². The molecule has 0 saturated carbocycles. The van der Waals surface area contributed by atoms with Crippen LogP contribution in [0.1, 0.15) is 32.1 Å². The van der Waals surface area contributed by atoms with E-state index in [0.717, 1.165) is 57.8 Å². The van der Waals surface area contributed by atoms with Crippen LogP contribution in [0.15, 0.2) is 30.6 Å². The summed E-state index contributed by atoms with van der Waals surface area (Å²) in [6, 6.07) is 1.86. The van der Waals surface area contributed by atoms with Crippen molar-refractivity contribution in [3.05, 3.63) is 30.6 Å². The van der Waals surface area contributed by atoms with Gasteiger partial charge in [-0.2, -0.15) is 13.2 Å². The number of nitrogens with zero attached hydrogens (tertiary/aromatic N) is 4. The topological polar surface area (TPSA) is 86.6 Å². The molecule has 164 valence electrons. The Balaban J connectivity index is 0.000000318. The number of carbonyl (C=O) groups is 2. The molecule has 1 N–H and O–H groups in total. The van der Waals surface area contributed by atoms with Gasteiger partial charge in [-0.05, 0) is 43.6 Å². The number of amides is 1. The molecule has 2 saturated heterocycles. The minimum Gasteiger partial charge on any atom is -0.475 e. The standard InChI is InChI=1S/C18H24N4O.C2HF3O2/c23-16(15-4-1-2-5-15)21-11-6-18(7-12-21)8-13-22(14-18)17-19-9-3-10-20-17;3-2(4,5)1(6)7/h1-3,9-10,15H,4-8,11-14H2;(H,6,7). The molecule has 4 rings (SSSR count). The smallest absolute Gasteiger partial charge is 0.475 e. The molecule has 2 aliphatic heterocycles. The van der Waals surface area contributed by atoms with Gasteiger partial charge in [0.1, 0.15) is 0 Å². The van der Waals surface area contributed by atoms with E-state index in [1.54, 1.807) is 0 Å². The van der Waals surface area contributed by atoms with Crippen LogP contribution in [-0.4, -0.2) is 64.2 Å². The molecule has 1 amide bonds. The number of allylic oxidation sites excluding steroid dienone is 2. The zero-order valence-electron chi connectivity index (χ0n) is 16.5. The lowest BCUT2D eigenvalue weighted by Crippen LogP contribution is -2.46. The van der Waals surface area contributed by atoms with Gasteiger partial charge in [0.2, 0.25) is 11.9 Å². The predicted molar refractivity (Wildman–Crippen MR) is 103 cm³/mol. The normalized spacial score (nSPS) is 20.9. The Hall–Kier alpha value is -2.65. The van der Waals surface area contributed by atoms with Crippen LogP contribution in [0.3, 0.4) is 0 Å². The maximum atomic E-state index is 12.5. The van der Waals surface area contributed by atoms with Gasteiger partial charge in [0.15, 0.2) is 0 Å². The summed E-state index contributed by atoms with van der Waals surface area (Å²) < 4.78 is 31.7. The third-order valence-electron chi connectivity index (χ3n) is 6.01. The number of hydrogen-bond donors (Lipinski definition) is 1. The number of carboxylic acids is 1. The highest BCUT2D eigenvalue weighted by molar-refractivity contribution is 5.79. The van der Waals surface area contributed by atoms with Crippen LogP contribution in [0.4, 0.5) is 19.1 Å². The van der Waals surface area contributed by atoms with E-state index in [-0.39, 0.29) is 5.92 Å². The molecule has 0 atom stereocenters. The van der Waals surface area contributed by atoms with Crippen LogP contribution in [-0.2, 0) is 9.59 Å². The highest BCUT2D eigenvalue weighted by Gasteiger charge is 2.42. The van der Waals surface area contributed by atoms with E-state index in [2.05, 4.69) is 31.9 Å². The summed E-state index contributed by atoms with van der Waals surface area (Å²) in [6.07, 6.45) is 8.10. The predicted octanol–water partition coefficient (Wildman–Crippen LogP) is 2.90. The minimum atomic E-state index is -5.08. The Morgan fingerprint density at radius 1 is 1.03 bits per heavy atom. The number of likely N-dealkylation sites (tertiary alicyclic amines) is 1. The minimum absolute atomic E-state index is 0.210. The Kier molecular flexibility index (Phi) is 6.62. The van der Waals surface area contributed by atoms with Gasteiger partial charge in [-0.3, -0.25) is 4.79 Å². The summed E-state index contributed by atoms with van der Waals surface area (Å²) in [6.45, 7) is 3.90. The van der Waals surface area contributed by atoms with E-state index in [9.17, 15) is 18.0 Å². The Bertz CT molecular complexity index is 769. The molecule has 0 aromatic carbocycles. The van der Waals surface area contributed by atoms with Crippen LogP contribution >= 0.6 is 0 Å². The fourth-order valence-electron chi connectivity index (χ4n) is 4.25. The summed E-state index contributed by atoms with van der Waals surface area (Å²) >= 11 is 0. The fourth-order valence-corrected chi connectivity index (χ4v) is 4.25. The molecule has 2 fully saturated rings. The van der Waals surface area contributed by atoms with E-state index in [1.807, 2.05) is 18.5 Å². The zero-order chi connectivity index (χ0) is 21.8. The first-order valence-corrected chi connectivity index (χ1v) is 9.96. The molecule has 1 aliphatic carbocycles. The Morgan fingerprint density at radius 3 is 2.10 bits per heavy atom. The van der Waals surface area contributed by atoms with Gasteiger partial charge in [0.05, 0.1) is 0 Å². The van der Waals surface area contributed by atoms with Crippen LogP contribution in [0, 0.1) is 11.3 Å². The van der Waals surface area contributed by atoms with Crippen LogP contribution in [0.2, 0.25) is 0 Å². The molecule has 30 heavy (non-hydrogen) atoms. The Labute approximate surface area is 172 Å². The second-order valence-corrected chi connectivity index (χ2v) is 7.99. The largest absolute Gasteiger partial charge is 0.490 e. The zero-order valence-corrected chi connectivity index (χ0v) is 16.5. The molecule has 3 aliphatic rings. The number of rotatable bonds is 2. The molecule has 1 spiro atoms. The van der Waals surface area contributed by atoms with Crippen molar-refractivity contribution in [1.29, 1.82) is 0 Å². The van der Waals surface area contributed by atoms with Crippen molar-refractivity contribution in [3.63, 3.8) is 0 Å². The molecule has 7 nitrogen and oxygen atoms in total. The van der Waals surface area contributed by atoms with Gasteiger partial charge in [-0.25, -0.2) is 14.8 Å². The van der Waals surface area contributed by atoms with Crippen molar-refractivity contribution in [2.75, 3.05) is 31.1 Å². The first-order valence-electron chi connectivity index (χ1n) is 9.96. The van der Waals surface area contributed by atoms with Crippen molar-refractivity contribution >= 4 is 17.8 Å². The molecule has 10 heteroatoms. The molecular formula is C20H25F3N4O3. The van der Waals surface area contributed by atoms with Gasteiger partial charge < -0.3 is 14.9 Å². The molecule has 1 aromatic heterocycles. The summed E-state index contributed by atoms with van der Waals surface area (Å²) in [7, 11) is 0. The maximum Gasteiger partial charge on any atom is 0.490 e. The summed E-state index contributed by atoms with van der Waals surface area (Å²) in [5, 5.41) is 7.12.